The number of ether oxygens (including phenoxy) is 2. The largest absolute Gasteiger partial charge is 0.459 e. The predicted octanol–water partition coefficient (Wildman–Crippen LogP) is 2.82. The standard InChI is InChI=1S/C18H26O5/c1-16(2,3)10-18-8-7-11(19)9-12(18)13(15(21)23-18)14(20)22-17(4,5)6/h7-8,12-13H,9-10H2,1-6H3/t12-,13+,18+/m1/s1. The number of hydrogen-bond donors (Lipinski definition) is 0. The van der Waals surface area contributed by atoms with Crippen LogP contribution in [0.25, 0.3) is 0 Å². The molecule has 0 amide bonds. The molecular formula is C18H26O5. The highest BCUT2D eigenvalue weighted by atomic mass is 16.6. The number of carbonyl (C=O) groups excluding carboxylic acids is 3. The van der Waals surface area contributed by atoms with Crippen LogP contribution in [-0.2, 0) is 23.9 Å². The van der Waals surface area contributed by atoms with Crippen LogP contribution in [0.2, 0.25) is 0 Å². The van der Waals surface area contributed by atoms with Gasteiger partial charge in [-0.1, -0.05) is 20.8 Å². The van der Waals surface area contributed by atoms with Crippen LogP contribution in [-0.4, -0.2) is 28.9 Å². The van der Waals surface area contributed by atoms with E-state index in [9.17, 15) is 14.4 Å². The number of ketones is 1. The molecule has 0 aromatic heterocycles. The summed E-state index contributed by atoms with van der Waals surface area (Å²) in [6, 6.07) is 0. The lowest BCUT2D eigenvalue weighted by molar-refractivity contribution is -0.165. The van der Waals surface area contributed by atoms with Gasteiger partial charge < -0.3 is 9.47 Å². The zero-order chi connectivity index (χ0) is 17.6. The van der Waals surface area contributed by atoms with Crippen LogP contribution in [0.3, 0.4) is 0 Å². The van der Waals surface area contributed by atoms with E-state index in [1.54, 1.807) is 26.8 Å². The third-order valence-electron chi connectivity index (χ3n) is 4.01. The Hall–Kier alpha value is -1.65. The number of fused-ring (bicyclic) bond motifs is 1. The summed E-state index contributed by atoms with van der Waals surface area (Å²) >= 11 is 0. The van der Waals surface area contributed by atoms with E-state index in [4.69, 9.17) is 9.47 Å². The molecule has 1 saturated heterocycles. The van der Waals surface area contributed by atoms with Gasteiger partial charge in [-0.2, -0.15) is 0 Å². The van der Waals surface area contributed by atoms with Crippen molar-refractivity contribution in [2.75, 3.05) is 0 Å². The molecule has 1 fully saturated rings. The number of esters is 2. The number of allylic oxidation sites excluding steroid dienone is 1. The van der Waals surface area contributed by atoms with Gasteiger partial charge in [0.25, 0.3) is 0 Å². The Balaban J connectivity index is 2.37. The minimum Gasteiger partial charge on any atom is -0.459 e. The highest BCUT2D eigenvalue weighted by Crippen LogP contribution is 2.49. The second-order valence-electron chi connectivity index (χ2n) is 8.73. The zero-order valence-corrected chi connectivity index (χ0v) is 14.8. The van der Waals surface area contributed by atoms with E-state index in [1.165, 1.54) is 6.08 Å². The SMILES string of the molecule is CC(C)(C)C[C@@]12C=CC(=O)C[C@@H]1[C@@H](C(=O)OC(C)(C)C)C(=O)O2. The molecule has 0 radical (unpaired) electrons. The van der Waals surface area contributed by atoms with E-state index >= 15 is 0 Å². The van der Waals surface area contributed by atoms with Gasteiger partial charge in [-0.05, 0) is 44.8 Å². The molecular weight excluding hydrogens is 296 g/mol. The third kappa shape index (κ3) is 3.82. The Bertz CT molecular complexity index is 561. The summed E-state index contributed by atoms with van der Waals surface area (Å²) in [6.07, 6.45) is 3.81. The predicted molar refractivity (Wildman–Crippen MR) is 84.5 cm³/mol. The second kappa shape index (κ2) is 5.46. The van der Waals surface area contributed by atoms with Gasteiger partial charge >= 0.3 is 11.9 Å². The smallest absolute Gasteiger partial charge is 0.321 e. The van der Waals surface area contributed by atoms with E-state index in [0.29, 0.717) is 6.42 Å². The summed E-state index contributed by atoms with van der Waals surface area (Å²) in [5.74, 6) is -2.82. The van der Waals surface area contributed by atoms with Crippen LogP contribution in [0.4, 0.5) is 0 Å². The monoisotopic (exact) mass is 322 g/mol. The Labute approximate surface area is 137 Å². The van der Waals surface area contributed by atoms with E-state index < -0.39 is 35.0 Å². The van der Waals surface area contributed by atoms with Gasteiger partial charge in [-0.25, -0.2) is 0 Å². The van der Waals surface area contributed by atoms with Crippen molar-refractivity contribution in [3.05, 3.63) is 12.2 Å². The van der Waals surface area contributed by atoms with Crippen LogP contribution in [0.5, 0.6) is 0 Å². The first kappa shape index (κ1) is 17.7. The molecule has 1 aliphatic carbocycles. The maximum atomic E-state index is 12.5. The molecule has 0 unspecified atom stereocenters. The van der Waals surface area contributed by atoms with Gasteiger partial charge in [-0.3, -0.25) is 14.4 Å². The van der Waals surface area contributed by atoms with Crippen molar-refractivity contribution < 1.29 is 23.9 Å². The molecule has 0 aromatic carbocycles. The Morgan fingerprint density at radius 3 is 2.39 bits per heavy atom. The first-order chi connectivity index (χ1) is 10.3. The molecule has 5 heteroatoms. The maximum Gasteiger partial charge on any atom is 0.321 e. The van der Waals surface area contributed by atoms with Crippen LogP contribution in [0.15, 0.2) is 12.2 Å². The fraction of sp³-hybridized carbons (Fsp3) is 0.722. The van der Waals surface area contributed by atoms with Crippen molar-refractivity contribution >= 4 is 17.7 Å². The molecule has 128 valence electrons. The second-order valence-corrected chi connectivity index (χ2v) is 8.73. The first-order valence-electron chi connectivity index (χ1n) is 8.01. The van der Waals surface area contributed by atoms with Gasteiger partial charge in [0.15, 0.2) is 11.7 Å². The average Bonchev–Trinajstić information content (AvgIpc) is 2.56. The Morgan fingerprint density at radius 2 is 1.87 bits per heavy atom. The minimum atomic E-state index is -1.04. The fourth-order valence-electron chi connectivity index (χ4n) is 3.42. The summed E-state index contributed by atoms with van der Waals surface area (Å²) in [6.45, 7) is 11.4. The number of carbonyl (C=O) groups is 3. The summed E-state index contributed by atoms with van der Waals surface area (Å²) in [4.78, 5) is 36.7. The molecule has 0 N–H and O–H groups in total. The molecule has 1 aliphatic heterocycles. The third-order valence-corrected chi connectivity index (χ3v) is 4.01. The lowest BCUT2D eigenvalue weighted by Crippen LogP contribution is -2.44. The highest BCUT2D eigenvalue weighted by molar-refractivity contribution is 6.00. The molecule has 0 aromatic rings. The molecule has 23 heavy (non-hydrogen) atoms. The maximum absolute atomic E-state index is 12.5. The Kier molecular flexibility index (Phi) is 4.20. The van der Waals surface area contributed by atoms with E-state index in [2.05, 4.69) is 0 Å². The topological polar surface area (TPSA) is 69.7 Å². The van der Waals surface area contributed by atoms with E-state index in [-0.39, 0.29) is 17.6 Å². The Morgan fingerprint density at radius 1 is 1.26 bits per heavy atom. The van der Waals surface area contributed by atoms with Gasteiger partial charge in [0, 0.05) is 12.3 Å². The molecule has 3 atom stereocenters. The lowest BCUT2D eigenvalue weighted by Gasteiger charge is -2.38. The fourth-order valence-corrected chi connectivity index (χ4v) is 3.42. The molecule has 0 bridgehead atoms. The molecule has 2 rings (SSSR count). The molecule has 5 nitrogen and oxygen atoms in total. The van der Waals surface area contributed by atoms with Crippen molar-refractivity contribution in [2.45, 2.75) is 65.6 Å². The summed E-state index contributed by atoms with van der Waals surface area (Å²) in [5.41, 5.74) is -1.71. The molecule has 0 saturated carbocycles. The zero-order valence-electron chi connectivity index (χ0n) is 14.8. The van der Waals surface area contributed by atoms with Gasteiger partial charge in [0.05, 0.1) is 0 Å². The van der Waals surface area contributed by atoms with Gasteiger partial charge in [0.2, 0.25) is 0 Å². The van der Waals surface area contributed by atoms with E-state index in [1.807, 2.05) is 20.8 Å². The first-order valence-corrected chi connectivity index (χ1v) is 8.01. The quantitative estimate of drug-likeness (QED) is 0.577. The minimum absolute atomic E-state index is 0.0913. The summed E-state index contributed by atoms with van der Waals surface area (Å²) in [5, 5.41) is 0. The van der Waals surface area contributed by atoms with Crippen molar-refractivity contribution in [3.63, 3.8) is 0 Å². The highest BCUT2D eigenvalue weighted by Gasteiger charge is 2.60. The van der Waals surface area contributed by atoms with E-state index in [0.717, 1.165) is 0 Å². The van der Waals surface area contributed by atoms with Crippen LogP contribution < -0.4 is 0 Å². The van der Waals surface area contributed by atoms with Gasteiger partial charge in [-0.15, -0.1) is 0 Å². The molecule has 2 aliphatic rings. The number of rotatable bonds is 2. The van der Waals surface area contributed by atoms with Crippen LogP contribution in [0.1, 0.15) is 54.4 Å². The summed E-state index contributed by atoms with van der Waals surface area (Å²) in [7, 11) is 0. The van der Waals surface area contributed by atoms with Gasteiger partial charge in [0.1, 0.15) is 11.2 Å². The lowest BCUT2D eigenvalue weighted by atomic mass is 9.68. The molecule has 1 heterocycles. The average molecular weight is 322 g/mol. The molecule has 0 spiro atoms. The van der Waals surface area contributed by atoms with Crippen molar-refractivity contribution in [3.8, 4) is 0 Å². The van der Waals surface area contributed by atoms with Crippen LogP contribution >= 0.6 is 0 Å². The van der Waals surface area contributed by atoms with Crippen molar-refractivity contribution in [2.24, 2.45) is 17.3 Å². The van der Waals surface area contributed by atoms with Crippen LogP contribution in [0, 0.1) is 17.3 Å². The summed E-state index contributed by atoms with van der Waals surface area (Å²) < 4.78 is 11.0. The normalized spacial score (nSPS) is 30.9. The van der Waals surface area contributed by atoms with Crippen molar-refractivity contribution in [1.29, 1.82) is 0 Å². The van der Waals surface area contributed by atoms with Crippen molar-refractivity contribution in [1.82, 2.24) is 0 Å². The number of hydrogen-bond acceptors (Lipinski definition) is 5.